The van der Waals surface area contributed by atoms with Crippen molar-refractivity contribution in [3.05, 3.63) is 23.8 Å². The topological polar surface area (TPSA) is 47.6 Å². The van der Waals surface area contributed by atoms with Crippen molar-refractivity contribution >= 4 is 5.91 Å². The minimum atomic E-state index is -2.93. The molecule has 0 unspecified atom stereocenters. The van der Waals surface area contributed by atoms with E-state index >= 15 is 0 Å². The van der Waals surface area contributed by atoms with Gasteiger partial charge in [0, 0.05) is 12.1 Å². The van der Waals surface area contributed by atoms with Crippen molar-refractivity contribution in [2.45, 2.75) is 32.8 Å². The monoisotopic (exact) mass is 287 g/mol. The van der Waals surface area contributed by atoms with Gasteiger partial charge >= 0.3 is 6.61 Å². The number of rotatable bonds is 8. The molecule has 0 aliphatic heterocycles. The third kappa shape index (κ3) is 5.03. The molecule has 0 fully saturated rings. The SMILES string of the molecule is CCCCCNC(=O)c1ccc(OC(F)F)c(OC)c1. The van der Waals surface area contributed by atoms with Gasteiger partial charge in [-0.3, -0.25) is 4.79 Å². The normalized spacial score (nSPS) is 10.4. The number of unbranched alkanes of at least 4 members (excludes halogenated alkanes) is 2. The zero-order valence-corrected chi connectivity index (χ0v) is 11.6. The molecule has 112 valence electrons. The predicted molar refractivity (Wildman–Crippen MR) is 71.5 cm³/mol. The van der Waals surface area contributed by atoms with Crippen LogP contribution in [-0.2, 0) is 0 Å². The van der Waals surface area contributed by atoms with Crippen molar-refractivity contribution in [3.8, 4) is 11.5 Å². The highest BCUT2D eigenvalue weighted by molar-refractivity contribution is 5.94. The number of carbonyl (C=O) groups excluding carboxylic acids is 1. The third-order valence-corrected chi connectivity index (χ3v) is 2.71. The van der Waals surface area contributed by atoms with E-state index in [-0.39, 0.29) is 17.4 Å². The second-order valence-corrected chi connectivity index (χ2v) is 4.21. The second-order valence-electron chi connectivity index (χ2n) is 4.21. The lowest BCUT2D eigenvalue weighted by Gasteiger charge is -2.11. The number of hydrogen-bond acceptors (Lipinski definition) is 3. The van der Waals surface area contributed by atoms with E-state index in [0.717, 1.165) is 19.3 Å². The summed E-state index contributed by atoms with van der Waals surface area (Å²) in [5, 5.41) is 2.76. The van der Waals surface area contributed by atoms with E-state index in [1.807, 2.05) is 0 Å². The molecule has 1 amide bonds. The Kier molecular flexibility index (Phi) is 6.76. The minimum Gasteiger partial charge on any atom is -0.493 e. The van der Waals surface area contributed by atoms with Crippen molar-refractivity contribution in [3.63, 3.8) is 0 Å². The highest BCUT2D eigenvalue weighted by atomic mass is 19.3. The molecule has 6 heteroatoms. The van der Waals surface area contributed by atoms with Crippen molar-refractivity contribution in [2.75, 3.05) is 13.7 Å². The van der Waals surface area contributed by atoms with Crippen LogP contribution in [0.3, 0.4) is 0 Å². The maximum Gasteiger partial charge on any atom is 0.387 e. The Morgan fingerprint density at radius 2 is 2.05 bits per heavy atom. The Labute approximate surface area is 117 Å². The third-order valence-electron chi connectivity index (χ3n) is 2.71. The average Bonchev–Trinajstić information content (AvgIpc) is 2.43. The van der Waals surface area contributed by atoms with E-state index < -0.39 is 6.61 Å². The van der Waals surface area contributed by atoms with E-state index in [1.165, 1.54) is 25.3 Å². The van der Waals surface area contributed by atoms with Crippen LogP contribution in [0.25, 0.3) is 0 Å². The summed E-state index contributed by atoms with van der Waals surface area (Å²) in [6.07, 6.45) is 3.03. The molecule has 0 heterocycles. The minimum absolute atomic E-state index is 0.0926. The standard InChI is InChI=1S/C14H19F2NO3/c1-3-4-5-8-17-13(18)10-6-7-11(20-14(15)16)12(9-10)19-2/h6-7,9,14H,3-5,8H2,1-2H3,(H,17,18). The van der Waals surface area contributed by atoms with Gasteiger partial charge in [0.15, 0.2) is 11.5 Å². The number of halogens is 2. The molecule has 0 atom stereocenters. The van der Waals surface area contributed by atoms with E-state index in [2.05, 4.69) is 17.0 Å². The summed E-state index contributed by atoms with van der Waals surface area (Å²) in [7, 11) is 1.33. The highest BCUT2D eigenvalue weighted by Crippen LogP contribution is 2.29. The van der Waals surface area contributed by atoms with Crippen LogP contribution in [0.2, 0.25) is 0 Å². The predicted octanol–water partition coefficient (Wildman–Crippen LogP) is 3.22. The lowest BCUT2D eigenvalue weighted by molar-refractivity contribution is -0.0512. The van der Waals surface area contributed by atoms with Gasteiger partial charge in [0.2, 0.25) is 0 Å². The van der Waals surface area contributed by atoms with Crippen molar-refractivity contribution < 1.29 is 23.0 Å². The molecule has 0 radical (unpaired) electrons. The van der Waals surface area contributed by atoms with Crippen LogP contribution in [-0.4, -0.2) is 26.2 Å². The number of benzene rings is 1. The van der Waals surface area contributed by atoms with Crippen LogP contribution in [0.5, 0.6) is 11.5 Å². The molecule has 1 aromatic rings. The zero-order chi connectivity index (χ0) is 15.0. The average molecular weight is 287 g/mol. The first-order chi connectivity index (χ1) is 9.58. The maximum atomic E-state index is 12.2. The van der Waals surface area contributed by atoms with Gasteiger partial charge in [-0.25, -0.2) is 0 Å². The number of ether oxygens (including phenoxy) is 2. The Bertz CT molecular complexity index is 438. The van der Waals surface area contributed by atoms with Gasteiger partial charge in [-0.1, -0.05) is 19.8 Å². The van der Waals surface area contributed by atoms with Crippen LogP contribution >= 0.6 is 0 Å². The molecule has 0 saturated heterocycles. The fraction of sp³-hybridized carbons (Fsp3) is 0.500. The fourth-order valence-electron chi connectivity index (χ4n) is 1.68. The lowest BCUT2D eigenvalue weighted by Crippen LogP contribution is -2.24. The quantitative estimate of drug-likeness (QED) is 0.747. The largest absolute Gasteiger partial charge is 0.493 e. The van der Waals surface area contributed by atoms with E-state index in [0.29, 0.717) is 12.1 Å². The zero-order valence-electron chi connectivity index (χ0n) is 11.6. The van der Waals surface area contributed by atoms with Crippen LogP contribution < -0.4 is 14.8 Å². The van der Waals surface area contributed by atoms with Crippen LogP contribution in [0, 0.1) is 0 Å². The summed E-state index contributed by atoms with van der Waals surface area (Å²) < 4.78 is 33.6. The smallest absolute Gasteiger partial charge is 0.387 e. The fourth-order valence-corrected chi connectivity index (χ4v) is 1.68. The first kappa shape index (κ1) is 16.2. The molecular weight excluding hydrogens is 268 g/mol. The Hall–Kier alpha value is -1.85. The van der Waals surface area contributed by atoms with Crippen LogP contribution in [0.15, 0.2) is 18.2 Å². The maximum absolute atomic E-state index is 12.2. The highest BCUT2D eigenvalue weighted by Gasteiger charge is 2.13. The Morgan fingerprint density at radius 3 is 2.65 bits per heavy atom. The van der Waals surface area contributed by atoms with Gasteiger partial charge in [0.25, 0.3) is 5.91 Å². The number of nitrogens with one attached hydrogen (secondary N) is 1. The summed E-state index contributed by atoms with van der Waals surface area (Å²) in [5.74, 6) is -0.250. The molecule has 0 aromatic heterocycles. The number of alkyl halides is 2. The first-order valence-electron chi connectivity index (χ1n) is 6.49. The summed E-state index contributed by atoms with van der Waals surface area (Å²) in [5.41, 5.74) is 0.347. The molecule has 0 spiro atoms. The number of hydrogen-bond donors (Lipinski definition) is 1. The summed E-state index contributed by atoms with van der Waals surface area (Å²) in [4.78, 5) is 11.9. The molecule has 1 N–H and O–H groups in total. The van der Waals surface area contributed by atoms with Gasteiger partial charge in [-0.15, -0.1) is 0 Å². The number of carbonyl (C=O) groups is 1. The van der Waals surface area contributed by atoms with Gasteiger partial charge in [0.05, 0.1) is 7.11 Å². The van der Waals surface area contributed by atoms with E-state index in [4.69, 9.17) is 4.74 Å². The molecular formula is C14H19F2NO3. The number of amides is 1. The molecule has 1 rings (SSSR count). The van der Waals surface area contributed by atoms with E-state index in [1.54, 1.807) is 0 Å². The van der Waals surface area contributed by atoms with Gasteiger partial charge in [0.1, 0.15) is 0 Å². The molecule has 0 aliphatic rings. The van der Waals surface area contributed by atoms with Gasteiger partial charge < -0.3 is 14.8 Å². The summed E-state index contributed by atoms with van der Waals surface area (Å²) >= 11 is 0. The molecule has 1 aromatic carbocycles. The van der Waals surface area contributed by atoms with Crippen LogP contribution in [0.4, 0.5) is 8.78 Å². The lowest BCUT2D eigenvalue weighted by atomic mass is 10.2. The Balaban J connectivity index is 2.69. The van der Waals surface area contributed by atoms with Crippen LogP contribution in [0.1, 0.15) is 36.5 Å². The first-order valence-corrected chi connectivity index (χ1v) is 6.49. The molecule has 0 saturated carbocycles. The summed E-state index contributed by atoms with van der Waals surface area (Å²) in [6.45, 7) is -0.267. The molecule has 4 nitrogen and oxygen atoms in total. The van der Waals surface area contributed by atoms with Gasteiger partial charge in [-0.2, -0.15) is 8.78 Å². The van der Waals surface area contributed by atoms with Crippen molar-refractivity contribution in [2.24, 2.45) is 0 Å². The molecule has 0 aliphatic carbocycles. The summed E-state index contributed by atoms with van der Waals surface area (Å²) in [6, 6.07) is 4.11. The Morgan fingerprint density at radius 1 is 1.30 bits per heavy atom. The van der Waals surface area contributed by atoms with Crippen molar-refractivity contribution in [1.82, 2.24) is 5.32 Å². The molecule has 20 heavy (non-hydrogen) atoms. The molecule has 0 bridgehead atoms. The van der Waals surface area contributed by atoms with Crippen molar-refractivity contribution in [1.29, 1.82) is 0 Å². The number of methoxy groups -OCH3 is 1. The second kappa shape index (κ2) is 8.35. The van der Waals surface area contributed by atoms with E-state index in [9.17, 15) is 13.6 Å². The van der Waals surface area contributed by atoms with Gasteiger partial charge in [-0.05, 0) is 24.6 Å².